The van der Waals surface area contributed by atoms with Crippen LogP contribution in [0.3, 0.4) is 0 Å². The number of benzene rings is 3. The molecule has 5 rings (SSSR count). The van der Waals surface area contributed by atoms with E-state index in [0.717, 1.165) is 27.5 Å². The number of rotatable bonds is 3. The summed E-state index contributed by atoms with van der Waals surface area (Å²) < 4.78 is 5.48. The monoisotopic (exact) mass is 456 g/mol. The van der Waals surface area contributed by atoms with Crippen LogP contribution in [-0.2, 0) is 4.74 Å². The fourth-order valence-corrected chi connectivity index (χ4v) is 4.24. The molecule has 0 bridgehead atoms. The van der Waals surface area contributed by atoms with Crippen molar-refractivity contribution < 1.29 is 14.3 Å². The number of nitrogens with zero attached hydrogens (tertiary/aromatic N) is 3. The molecule has 174 valence electrons. The van der Waals surface area contributed by atoms with Crippen molar-refractivity contribution >= 4 is 39.4 Å². The topological polar surface area (TPSA) is 78.5 Å². The van der Waals surface area contributed by atoms with Crippen LogP contribution >= 0.6 is 0 Å². The number of aromatic nitrogens is 2. The fraction of sp³-hybridized carbons (Fsp3) is 0.296. The lowest BCUT2D eigenvalue weighted by atomic mass is 10.0. The summed E-state index contributed by atoms with van der Waals surface area (Å²) >= 11 is 0. The zero-order valence-electron chi connectivity index (χ0n) is 19.7. The number of piperazine rings is 1. The van der Waals surface area contributed by atoms with Crippen molar-refractivity contribution in [3.63, 3.8) is 0 Å². The molecular weight excluding hydrogens is 428 g/mol. The lowest BCUT2D eigenvalue weighted by molar-refractivity contribution is 0.0240. The Hall–Kier alpha value is -3.87. The molecular formula is C27H28N4O3. The summed E-state index contributed by atoms with van der Waals surface area (Å²) in [6.45, 7) is 8.24. The minimum absolute atomic E-state index is 0.130. The summed E-state index contributed by atoms with van der Waals surface area (Å²) in [4.78, 5) is 37.1. The van der Waals surface area contributed by atoms with Gasteiger partial charge in [-0.15, -0.1) is 0 Å². The number of carbonyl (C=O) groups is 2. The summed E-state index contributed by atoms with van der Waals surface area (Å²) in [5.74, 6) is 0.201. The number of anilines is 1. The SMILES string of the molecule is CC(C)(C)OC(=O)N1CCN(c2ccc3nc(C(=O)c4ccc5ccccc5c4)[nH]c3c2)CC1. The van der Waals surface area contributed by atoms with Crippen molar-refractivity contribution in [2.45, 2.75) is 26.4 Å². The Morgan fingerprint density at radius 2 is 1.65 bits per heavy atom. The van der Waals surface area contributed by atoms with E-state index in [1.165, 1.54) is 0 Å². The molecule has 4 aromatic rings. The molecule has 34 heavy (non-hydrogen) atoms. The third-order valence-corrected chi connectivity index (χ3v) is 5.99. The maximum absolute atomic E-state index is 13.1. The number of hydrogen-bond acceptors (Lipinski definition) is 5. The summed E-state index contributed by atoms with van der Waals surface area (Å²) in [7, 11) is 0. The van der Waals surface area contributed by atoms with Crippen molar-refractivity contribution in [3.8, 4) is 0 Å². The fourth-order valence-electron chi connectivity index (χ4n) is 4.24. The average Bonchev–Trinajstić information content (AvgIpc) is 3.26. The van der Waals surface area contributed by atoms with E-state index >= 15 is 0 Å². The number of fused-ring (bicyclic) bond motifs is 2. The van der Waals surface area contributed by atoms with E-state index in [9.17, 15) is 9.59 Å². The Morgan fingerprint density at radius 1 is 0.912 bits per heavy atom. The van der Waals surface area contributed by atoms with Gasteiger partial charge < -0.3 is 19.5 Å². The number of nitrogens with one attached hydrogen (secondary N) is 1. The van der Waals surface area contributed by atoms with E-state index in [0.29, 0.717) is 37.6 Å². The Balaban J connectivity index is 1.31. The van der Waals surface area contributed by atoms with Crippen LogP contribution in [0.2, 0.25) is 0 Å². The van der Waals surface area contributed by atoms with Gasteiger partial charge in [-0.2, -0.15) is 0 Å². The number of H-pyrrole nitrogens is 1. The summed E-state index contributed by atoms with van der Waals surface area (Å²) in [5, 5.41) is 2.12. The Bertz CT molecular complexity index is 1380. The molecule has 1 N–H and O–H groups in total. The van der Waals surface area contributed by atoms with E-state index in [-0.39, 0.29) is 11.9 Å². The maximum Gasteiger partial charge on any atom is 0.410 e. The molecule has 0 spiro atoms. The molecule has 0 saturated carbocycles. The van der Waals surface area contributed by atoms with Crippen LogP contribution < -0.4 is 4.90 Å². The van der Waals surface area contributed by atoms with Gasteiger partial charge in [-0.25, -0.2) is 9.78 Å². The number of carbonyl (C=O) groups excluding carboxylic acids is 2. The average molecular weight is 457 g/mol. The normalized spacial score (nSPS) is 14.6. The van der Waals surface area contributed by atoms with E-state index in [1.807, 2.05) is 81.4 Å². The largest absolute Gasteiger partial charge is 0.444 e. The van der Waals surface area contributed by atoms with Gasteiger partial charge in [0.1, 0.15) is 5.60 Å². The molecule has 3 aromatic carbocycles. The second kappa shape index (κ2) is 8.48. The van der Waals surface area contributed by atoms with Crippen LogP contribution in [0.1, 0.15) is 37.0 Å². The Labute approximate surface area is 198 Å². The van der Waals surface area contributed by atoms with E-state index in [1.54, 1.807) is 4.90 Å². The van der Waals surface area contributed by atoms with Crippen molar-refractivity contribution in [3.05, 3.63) is 72.1 Å². The Morgan fingerprint density at radius 3 is 2.38 bits per heavy atom. The molecule has 1 saturated heterocycles. The number of hydrogen-bond donors (Lipinski definition) is 1. The first-order chi connectivity index (χ1) is 16.3. The van der Waals surface area contributed by atoms with Crippen molar-refractivity contribution in [2.24, 2.45) is 0 Å². The molecule has 7 heteroatoms. The molecule has 1 aliphatic heterocycles. The van der Waals surface area contributed by atoms with Crippen molar-refractivity contribution in [2.75, 3.05) is 31.1 Å². The first-order valence-electron chi connectivity index (χ1n) is 11.5. The maximum atomic E-state index is 13.1. The van der Waals surface area contributed by atoms with Crippen LogP contribution in [0.15, 0.2) is 60.7 Å². The number of aromatic amines is 1. The predicted octanol–water partition coefficient (Wildman–Crippen LogP) is 5.00. The van der Waals surface area contributed by atoms with Gasteiger partial charge in [0.05, 0.1) is 11.0 Å². The molecule has 7 nitrogen and oxygen atoms in total. The molecule has 0 aliphatic carbocycles. The molecule has 2 heterocycles. The zero-order valence-corrected chi connectivity index (χ0v) is 19.7. The Kier molecular flexibility index (Phi) is 5.48. The summed E-state index contributed by atoms with van der Waals surface area (Å²) in [6.07, 6.45) is -0.270. The van der Waals surface area contributed by atoms with Crippen LogP contribution in [0.4, 0.5) is 10.5 Å². The smallest absolute Gasteiger partial charge is 0.410 e. The molecule has 1 fully saturated rings. The van der Waals surface area contributed by atoms with Gasteiger partial charge in [0, 0.05) is 37.4 Å². The van der Waals surface area contributed by atoms with Gasteiger partial charge in [0.2, 0.25) is 5.78 Å². The first-order valence-corrected chi connectivity index (χ1v) is 11.5. The van der Waals surface area contributed by atoms with Crippen molar-refractivity contribution in [1.29, 1.82) is 0 Å². The number of imidazole rings is 1. The molecule has 0 radical (unpaired) electrons. The zero-order chi connectivity index (χ0) is 23.9. The van der Waals surface area contributed by atoms with Gasteiger partial charge in [-0.05, 0) is 55.8 Å². The van der Waals surface area contributed by atoms with Gasteiger partial charge in [0.15, 0.2) is 5.82 Å². The quantitative estimate of drug-likeness (QED) is 0.439. The molecule has 1 amide bonds. The van der Waals surface area contributed by atoms with Gasteiger partial charge in [-0.1, -0.05) is 36.4 Å². The van der Waals surface area contributed by atoms with E-state index in [2.05, 4.69) is 14.9 Å². The minimum Gasteiger partial charge on any atom is -0.444 e. The molecule has 1 aromatic heterocycles. The first kappa shape index (κ1) is 21.9. The minimum atomic E-state index is -0.498. The second-order valence-electron chi connectivity index (χ2n) is 9.63. The third-order valence-electron chi connectivity index (χ3n) is 5.99. The molecule has 0 atom stereocenters. The highest BCUT2D eigenvalue weighted by atomic mass is 16.6. The third kappa shape index (κ3) is 4.46. The number of ether oxygens (including phenoxy) is 1. The summed E-state index contributed by atoms with van der Waals surface area (Å²) in [5.41, 5.74) is 2.71. The predicted molar refractivity (Wildman–Crippen MR) is 133 cm³/mol. The van der Waals surface area contributed by atoms with Crippen LogP contribution in [0.5, 0.6) is 0 Å². The van der Waals surface area contributed by atoms with Gasteiger partial charge in [0.25, 0.3) is 0 Å². The van der Waals surface area contributed by atoms with Gasteiger partial charge >= 0.3 is 6.09 Å². The summed E-state index contributed by atoms with van der Waals surface area (Å²) in [6, 6.07) is 19.6. The van der Waals surface area contributed by atoms with Crippen molar-refractivity contribution in [1.82, 2.24) is 14.9 Å². The van der Waals surface area contributed by atoms with Crippen LogP contribution in [0.25, 0.3) is 21.8 Å². The highest BCUT2D eigenvalue weighted by molar-refractivity contribution is 6.09. The highest BCUT2D eigenvalue weighted by Crippen LogP contribution is 2.24. The lowest BCUT2D eigenvalue weighted by Crippen LogP contribution is -2.50. The number of ketones is 1. The van der Waals surface area contributed by atoms with E-state index in [4.69, 9.17) is 4.74 Å². The second-order valence-corrected chi connectivity index (χ2v) is 9.63. The standard InChI is InChI=1S/C27H28N4O3/c1-27(2,3)34-26(33)31-14-12-30(13-15-31)21-10-11-22-23(17-21)29-25(28-22)24(32)20-9-8-18-6-4-5-7-19(18)16-20/h4-11,16-17H,12-15H2,1-3H3,(H,28,29). The van der Waals surface area contributed by atoms with Crippen LogP contribution in [-0.4, -0.2) is 58.5 Å². The van der Waals surface area contributed by atoms with E-state index < -0.39 is 5.60 Å². The van der Waals surface area contributed by atoms with Crippen LogP contribution in [0, 0.1) is 0 Å². The van der Waals surface area contributed by atoms with Gasteiger partial charge in [-0.3, -0.25) is 4.79 Å². The highest BCUT2D eigenvalue weighted by Gasteiger charge is 2.26. The molecule has 0 unspecified atom stereocenters. The lowest BCUT2D eigenvalue weighted by Gasteiger charge is -2.36. The number of amides is 1. The molecule has 1 aliphatic rings.